The number of benzene rings is 1. The Morgan fingerprint density at radius 1 is 1.33 bits per heavy atom. The van der Waals surface area contributed by atoms with Crippen molar-refractivity contribution < 1.29 is 18.7 Å². The third-order valence-electron chi connectivity index (χ3n) is 2.80. The number of ether oxygens (including phenoxy) is 1. The summed E-state index contributed by atoms with van der Waals surface area (Å²) in [5.41, 5.74) is 0.908. The second-order valence-electron chi connectivity index (χ2n) is 4.43. The van der Waals surface area contributed by atoms with Gasteiger partial charge in [-0.3, -0.25) is 14.2 Å². The van der Waals surface area contributed by atoms with Gasteiger partial charge in [-0.25, -0.2) is 4.79 Å². The smallest absolute Gasteiger partial charge is 0.420 e. The quantitative estimate of drug-likeness (QED) is 0.790. The molecule has 0 bridgehead atoms. The monoisotopic (exact) mass is 292 g/mol. The van der Waals surface area contributed by atoms with Gasteiger partial charge in [0.25, 0.3) is 5.91 Å². The number of hydrogen-bond acceptors (Lipinski definition) is 5. The van der Waals surface area contributed by atoms with Crippen LogP contribution >= 0.6 is 0 Å². The zero-order valence-electron chi connectivity index (χ0n) is 11.6. The van der Waals surface area contributed by atoms with E-state index in [0.717, 1.165) is 6.42 Å². The number of rotatable bonds is 6. The zero-order chi connectivity index (χ0) is 15.2. The Bertz CT molecular complexity index is 701. The molecule has 7 heteroatoms. The van der Waals surface area contributed by atoms with Gasteiger partial charge in [0.05, 0.1) is 5.52 Å². The maximum absolute atomic E-state index is 11.7. The van der Waals surface area contributed by atoms with E-state index in [4.69, 9.17) is 9.15 Å². The summed E-state index contributed by atoms with van der Waals surface area (Å²) in [5, 5.41) is 2.58. The fraction of sp³-hybridized carbons (Fsp3) is 0.357. The molecule has 2 rings (SSSR count). The lowest BCUT2D eigenvalue weighted by atomic mass is 10.3. The van der Waals surface area contributed by atoms with Gasteiger partial charge in [-0.1, -0.05) is 19.1 Å². The number of esters is 1. The third-order valence-corrected chi connectivity index (χ3v) is 2.80. The lowest BCUT2D eigenvalue weighted by Gasteiger charge is -2.05. The van der Waals surface area contributed by atoms with E-state index in [9.17, 15) is 14.4 Å². The summed E-state index contributed by atoms with van der Waals surface area (Å²) in [4.78, 5) is 34.7. The predicted octanol–water partition coefficient (Wildman–Crippen LogP) is 0.664. The molecule has 21 heavy (non-hydrogen) atoms. The third kappa shape index (κ3) is 3.71. The van der Waals surface area contributed by atoms with Gasteiger partial charge in [0.2, 0.25) is 0 Å². The van der Waals surface area contributed by atoms with Gasteiger partial charge in [0, 0.05) is 6.54 Å². The number of nitrogens with zero attached hydrogens (tertiary/aromatic N) is 1. The van der Waals surface area contributed by atoms with E-state index in [1.165, 1.54) is 4.57 Å². The molecular formula is C14H16N2O5. The fourth-order valence-electron chi connectivity index (χ4n) is 1.80. The summed E-state index contributed by atoms with van der Waals surface area (Å²) in [6.45, 7) is 1.80. The van der Waals surface area contributed by atoms with Crippen LogP contribution in [-0.2, 0) is 20.9 Å². The van der Waals surface area contributed by atoms with E-state index in [1.54, 1.807) is 24.3 Å². The van der Waals surface area contributed by atoms with Gasteiger partial charge >= 0.3 is 11.7 Å². The van der Waals surface area contributed by atoms with E-state index in [2.05, 4.69) is 5.32 Å². The Kier molecular flexibility index (Phi) is 4.76. The SMILES string of the molecule is CCCNC(=O)COC(=O)Cn1c(=O)oc2ccccc21. The molecule has 0 unspecified atom stereocenters. The van der Waals surface area contributed by atoms with Gasteiger partial charge in [0.15, 0.2) is 12.2 Å². The standard InChI is InChI=1S/C14H16N2O5/c1-2-7-15-12(17)9-20-13(18)8-16-10-5-3-4-6-11(10)21-14(16)19/h3-6H,2,7-9H2,1H3,(H,15,17). The molecule has 0 saturated carbocycles. The first kappa shape index (κ1) is 14.8. The highest BCUT2D eigenvalue weighted by atomic mass is 16.5. The van der Waals surface area contributed by atoms with E-state index < -0.39 is 11.7 Å². The van der Waals surface area contributed by atoms with Crippen molar-refractivity contribution in [1.82, 2.24) is 9.88 Å². The van der Waals surface area contributed by atoms with Crippen molar-refractivity contribution in [2.75, 3.05) is 13.2 Å². The van der Waals surface area contributed by atoms with Gasteiger partial charge in [-0.05, 0) is 18.6 Å². The Morgan fingerprint density at radius 3 is 2.86 bits per heavy atom. The molecule has 112 valence electrons. The van der Waals surface area contributed by atoms with Gasteiger partial charge in [-0.15, -0.1) is 0 Å². The van der Waals surface area contributed by atoms with Crippen molar-refractivity contribution in [3.05, 3.63) is 34.8 Å². The molecular weight excluding hydrogens is 276 g/mol. The number of para-hydroxylation sites is 2. The second-order valence-corrected chi connectivity index (χ2v) is 4.43. The highest BCUT2D eigenvalue weighted by Gasteiger charge is 2.14. The number of nitrogens with one attached hydrogen (secondary N) is 1. The minimum absolute atomic E-state index is 0.295. The van der Waals surface area contributed by atoms with Crippen molar-refractivity contribution in [2.45, 2.75) is 19.9 Å². The van der Waals surface area contributed by atoms with Crippen LogP contribution in [0, 0.1) is 0 Å². The molecule has 0 radical (unpaired) electrons. The summed E-state index contributed by atoms with van der Waals surface area (Å²) in [6.07, 6.45) is 0.802. The Balaban J connectivity index is 1.97. The summed E-state index contributed by atoms with van der Waals surface area (Å²) in [5.74, 6) is -1.67. The molecule has 0 fully saturated rings. The number of aromatic nitrogens is 1. The molecule has 1 N–H and O–H groups in total. The number of carbonyl (C=O) groups is 2. The van der Waals surface area contributed by atoms with Crippen LogP contribution in [0.5, 0.6) is 0 Å². The largest absolute Gasteiger partial charge is 0.454 e. The van der Waals surface area contributed by atoms with Crippen LogP contribution < -0.4 is 11.1 Å². The fourth-order valence-corrected chi connectivity index (χ4v) is 1.80. The first-order valence-corrected chi connectivity index (χ1v) is 6.62. The maximum atomic E-state index is 11.7. The van der Waals surface area contributed by atoms with Crippen molar-refractivity contribution in [3.8, 4) is 0 Å². The van der Waals surface area contributed by atoms with Gasteiger partial charge in [-0.2, -0.15) is 0 Å². The topological polar surface area (TPSA) is 90.5 Å². The van der Waals surface area contributed by atoms with E-state index >= 15 is 0 Å². The highest BCUT2D eigenvalue weighted by Crippen LogP contribution is 2.11. The summed E-state index contributed by atoms with van der Waals surface area (Å²) < 4.78 is 11.0. The number of carbonyl (C=O) groups excluding carboxylic acids is 2. The Hall–Kier alpha value is -2.57. The van der Waals surface area contributed by atoms with Gasteiger partial charge < -0.3 is 14.5 Å². The second kappa shape index (κ2) is 6.74. The minimum Gasteiger partial charge on any atom is -0.454 e. The Labute approximate surface area is 120 Å². The van der Waals surface area contributed by atoms with Crippen LogP contribution in [0.4, 0.5) is 0 Å². The normalized spacial score (nSPS) is 10.5. The maximum Gasteiger partial charge on any atom is 0.420 e. The van der Waals surface area contributed by atoms with Crippen LogP contribution in [0.1, 0.15) is 13.3 Å². The lowest BCUT2D eigenvalue weighted by Crippen LogP contribution is -2.30. The molecule has 0 saturated heterocycles. The number of amides is 1. The van der Waals surface area contributed by atoms with Crippen LogP contribution in [0.3, 0.4) is 0 Å². The van der Waals surface area contributed by atoms with Gasteiger partial charge in [0.1, 0.15) is 6.54 Å². The molecule has 1 aromatic heterocycles. The van der Waals surface area contributed by atoms with Crippen molar-refractivity contribution in [3.63, 3.8) is 0 Å². The molecule has 1 heterocycles. The van der Waals surface area contributed by atoms with E-state index in [0.29, 0.717) is 17.6 Å². The molecule has 0 spiro atoms. The van der Waals surface area contributed by atoms with Crippen molar-refractivity contribution in [1.29, 1.82) is 0 Å². The first-order chi connectivity index (χ1) is 10.1. The molecule has 2 aromatic rings. The number of fused-ring (bicyclic) bond motifs is 1. The molecule has 0 aliphatic heterocycles. The summed E-state index contributed by atoms with van der Waals surface area (Å²) >= 11 is 0. The first-order valence-electron chi connectivity index (χ1n) is 6.62. The highest BCUT2D eigenvalue weighted by molar-refractivity contribution is 5.81. The molecule has 0 aliphatic rings. The molecule has 1 amide bonds. The van der Waals surface area contributed by atoms with Crippen molar-refractivity contribution in [2.24, 2.45) is 0 Å². The molecule has 7 nitrogen and oxygen atoms in total. The van der Waals surface area contributed by atoms with E-state index in [-0.39, 0.29) is 19.1 Å². The number of oxazole rings is 1. The lowest BCUT2D eigenvalue weighted by molar-refractivity contribution is -0.149. The van der Waals surface area contributed by atoms with Crippen molar-refractivity contribution >= 4 is 23.0 Å². The summed E-state index contributed by atoms with van der Waals surface area (Å²) in [7, 11) is 0. The molecule has 1 aromatic carbocycles. The average Bonchev–Trinajstić information content (AvgIpc) is 2.79. The molecule has 0 aliphatic carbocycles. The molecule has 0 atom stereocenters. The van der Waals surface area contributed by atoms with Crippen LogP contribution in [0.25, 0.3) is 11.1 Å². The summed E-state index contributed by atoms with van der Waals surface area (Å²) in [6, 6.07) is 6.77. The van der Waals surface area contributed by atoms with E-state index in [1.807, 2.05) is 6.92 Å². The van der Waals surface area contributed by atoms with Crippen LogP contribution in [0.2, 0.25) is 0 Å². The minimum atomic E-state index is -0.671. The van der Waals surface area contributed by atoms with Crippen LogP contribution in [-0.4, -0.2) is 29.6 Å². The number of hydrogen-bond donors (Lipinski definition) is 1. The van der Waals surface area contributed by atoms with Crippen LogP contribution in [0.15, 0.2) is 33.5 Å². The predicted molar refractivity (Wildman–Crippen MR) is 74.7 cm³/mol. The zero-order valence-corrected chi connectivity index (χ0v) is 11.6. The average molecular weight is 292 g/mol. The Morgan fingerprint density at radius 2 is 2.10 bits per heavy atom.